The Labute approximate surface area is 354 Å². The summed E-state index contributed by atoms with van der Waals surface area (Å²) in [4.78, 5) is 12.8. The Morgan fingerprint density at radius 3 is 1.55 bits per heavy atom. The molecule has 0 spiro atoms. The van der Waals surface area contributed by atoms with Gasteiger partial charge >= 0.3 is 5.97 Å². The molecule has 0 aliphatic carbocycles. The highest BCUT2D eigenvalue weighted by atomic mass is 16.7. The third-order valence-electron chi connectivity index (χ3n) is 10.7. The Morgan fingerprint density at radius 1 is 0.552 bits per heavy atom. The number of hydrogen-bond acceptors (Lipinski definition) is 9. The van der Waals surface area contributed by atoms with E-state index in [1.54, 1.807) is 0 Å². The first-order chi connectivity index (χ1) is 28.4. The second-order valence-corrected chi connectivity index (χ2v) is 16.2. The summed E-state index contributed by atoms with van der Waals surface area (Å²) in [7, 11) is 0. The van der Waals surface area contributed by atoms with Crippen LogP contribution in [0, 0.1) is 0 Å². The second kappa shape index (κ2) is 40.6. The molecule has 9 nitrogen and oxygen atoms in total. The Bertz CT molecular complexity index is 1030. The van der Waals surface area contributed by atoms with E-state index in [-0.39, 0.29) is 19.2 Å². The summed E-state index contributed by atoms with van der Waals surface area (Å²) >= 11 is 0. The van der Waals surface area contributed by atoms with E-state index in [0.29, 0.717) is 13.0 Å². The Morgan fingerprint density at radius 2 is 1.03 bits per heavy atom. The van der Waals surface area contributed by atoms with Crippen LogP contribution in [0.25, 0.3) is 0 Å². The number of esters is 1. The van der Waals surface area contributed by atoms with Gasteiger partial charge in [0.05, 0.1) is 19.8 Å². The molecule has 0 aromatic heterocycles. The van der Waals surface area contributed by atoms with Gasteiger partial charge in [-0.2, -0.15) is 0 Å². The van der Waals surface area contributed by atoms with Crippen molar-refractivity contribution in [2.75, 3.05) is 26.4 Å². The predicted molar refractivity (Wildman–Crippen MR) is 238 cm³/mol. The maximum absolute atomic E-state index is 12.8. The molecule has 338 valence electrons. The molecule has 6 unspecified atom stereocenters. The third-order valence-corrected chi connectivity index (χ3v) is 10.7. The highest BCUT2D eigenvalue weighted by Gasteiger charge is 2.44. The largest absolute Gasteiger partial charge is 0.457 e. The lowest BCUT2D eigenvalue weighted by molar-refractivity contribution is -0.305. The molecule has 1 heterocycles. The summed E-state index contributed by atoms with van der Waals surface area (Å²) in [6, 6.07) is 0. The predicted octanol–water partition coefficient (Wildman–Crippen LogP) is 10.9. The zero-order valence-corrected chi connectivity index (χ0v) is 37.0. The number of unbranched alkanes of at least 4 members (excludes halogenated alkanes) is 21. The lowest BCUT2D eigenvalue weighted by Crippen LogP contribution is -2.59. The molecule has 9 heteroatoms. The first kappa shape index (κ1) is 54.2. The molecule has 0 aromatic carbocycles. The van der Waals surface area contributed by atoms with Crippen LogP contribution in [0.2, 0.25) is 0 Å². The molecule has 6 atom stereocenters. The normalized spacial score (nSPS) is 20.7. The molecule has 58 heavy (non-hydrogen) atoms. The summed E-state index contributed by atoms with van der Waals surface area (Å²) in [5, 5.41) is 40.1. The maximum Gasteiger partial charge on any atom is 0.306 e. The molecule has 1 rings (SSSR count). The highest BCUT2D eigenvalue weighted by molar-refractivity contribution is 5.69. The van der Waals surface area contributed by atoms with Crippen molar-refractivity contribution in [1.29, 1.82) is 0 Å². The van der Waals surface area contributed by atoms with Crippen LogP contribution in [0.5, 0.6) is 0 Å². The van der Waals surface area contributed by atoms with Crippen LogP contribution in [-0.4, -0.2) is 89.6 Å². The topological polar surface area (TPSA) is 135 Å². The smallest absolute Gasteiger partial charge is 0.306 e. The molecule has 1 fully saturated rings. The number of carbonyl (C=O) groups excluding carboxylic acids is 1. The van der Waals surface area contributed by atoms with Crippen LogP contribution in [-0.2, 0) is 23.7 Å². The minimum atomic E-state index is -1.54. The lowest BCUT2D eigenvalue weighted by atomic mass is 9.99. The van der Waals surface area contributed by atoms with E-state index in [1.807, 2.05) is 0 Å². The molecular formula is C49H88O9. The summed E-state index contributed by atoms with van der Waals surface area (Å²) in [6.45, 7) is 4.46. The maximum atomic E-state index is 12.8. The number of aliphatic hydroxyl groups is 4. The first-order valence-electron chi connectivity index (χ1n) is 23.7. The number of allylic oxidation sites excluding steroid dienone is 8. The number of rotatable bonds is 40. The van der Waals surface area contributed by atoms with E-state index in [4.69, 9.17) is 18.9 Å². The summed E-state index contributed by atoms with van der Waals surface area (Å²) in [6.07, 6.45) is 42.8. The van der Waals surface area contributed by atoms with Gasteiger partial charge in [-0.3, -0.25) is 4.79 Å². The molecule has 1 aliphatic heterocycles. The zero-order valence-electron chi connectivity index (χ0n) is 37.0. The lowest BCUT2D eigenvalue weighted by Gasteiger charge is -2.39. The van der Waals surface area contributed by atoms with Crippen LogP contribution in [0.4, 0.5) is 0 Å². The molecule has 0 aromatic rings. The Kier molecular flexibility index (Phi) is 37.9. The van der Waals surface area contributed by atoms with Crippen LogP contribution >= 0.6 is 0 Å². The number of hydrogen-bond donors (Lipinski definition) is 4. The highest BCUT2D eigenvalue weighted by Crippen LogP contribution is 2.22. The molecule has 0 amide bonds. The molecule has 0 radical (unpaired) electrons. The Hall–Kier alpha value is -1.85. The van der Waals surface area contributed by atoms with Crippen molar-refractivity contribution in [2.24, 2.45) is 0 Å². The molecule has 4 N–H and O–H groups in total. The van der Waals surface area contributed by atoms with Crippen molar-refractivity contribution in [3.8, 4) is 0 Å². The minimum absolute atomic E-state index is 0.121. The fourth-order valence-electron chi connectivity index (χ4n) is 6.97. The van der Waals surface area contributed by atoms with Crippen molar-refractivity contribution in [3.05, 3.63) is 48.6 Å². The zero-order chi connectivity index (χ0) is 42.2. The molecular weight excluding hydrogens is 733 g/mol. The standard InChI is InChI=1S/C49H88O9/c1-3-5-7-9-11-13-15-17-18-19-20-21-22-23-24-25-27-29-31-33-35-37-39-55-41-43(42-56-49-48(54)47(53)46(52)44(40-50)58-49)57-45(51)38-36-34-32-30-28-26-16-14-12-10-8-6-4-2/h8,10,14-17,19-20,43-44,46-50,52-54H,3-7,9,11-13,18,21-42H2,1-2H3/b10-8-,16-14-,17-15-,20-19-. The van der Waals surface area contributed by atoms with Crippen molar-refractivity contribution < 1.29 is 44.2 Å². The molecule has 1 saturated heterocycles. The fourth-order valence-corrected chi connectivity index (χ4v) is 6.97. The minimum Gasteiger partial charge on any atom is -0.457 e. The molecule has 0 bridgehead atoms. The van der Waals surface area contributed by atoms with E-state index in [0.717, 1.165) is 70.6 Å². The first-order valence-corrected chi connectivity index (χ1v) is 23.7. The van der Waals surface area contributed by atoms with E-state index in [1.165, 1.54) is 103 Å². The van der Waals surface area contributed by atoms with E-state index in [2.05, 4.69) is 62.5 Å². The van der Waals surface area contributed by atoms with Gasteiger partial charge in [0.15, 0.2) is 6.29 Å². The van der Waals surface area contributed by atoms with Gasteiger partial charge in [0.25, 0.3) is 0 Å². The second-order valence-electron chi connectivity index (χ2n) is 16.2. The summed E-state index contributed by atoms with van der Waals surface area (Å²) in [5.74, 6) is -0.330. The van der Waals surface area contributed by atoms with Crippen LogP contribution in [0.15, 0.2) is 48.6 Å². The Balaban J connectivity index is 2.22. The van der Waals surface area contributed by atoms with E-state index < -0.39 is 43.4 Å². The quantitative estimate of drug-likeness (QED) is 0.0271. The van der Waals surface area contributed by atoms with Crippen LogP contribution in [0.1, 0.15) is 194 Å². The van der Waals surface area contributed by atoms with Gasteiger partial charge in [0, 0.05) is 13.0 Å². The van der Waals surface area contributed by atoms with Gasteiger partial charge in [-0.05, 0) is 70.6 Å². The van der Waals surface area contributed by atoms with Gasteiger partial charge in [-0.1, -0.05) is 165 Å². The van der Waals surface area contributed by atoms with E-state index in [9.17, 15) is 25.2 Å². The van der Waals surface area contributed by atoms with Crippen molar-refractivity contribution >= 4 is 5.97 Å². The summed E-state index contributed by atoms with van der Waals surface area (Å²) in [5.41, 5.74) is 0. The van der Waals surface area contributed by atoms with Gasteiger partial charge < -0.3 is 39.4 Å². The van der Waals surface area contributed by atoms with Gasteiger partial charge in [-0.15, -0.1) is 0 Å². The monoisotopic (exact) mass is 821 g/mol. The average Bonchev–Trinajstić information content (AvgIpc) is 3.22. The molecule has 1 aliphatic rings. The van der Waals surface area contributed by atoms with Gasteiger partial charge in [-0.25, -0.2) is 0 Å². The SMILES string of the molecule is CCC/C=C\C/C=C\CCCCCCCC(=O)OC(COCCCCCCCCCCCC/C=C\C/C=C\CCCCCCC)COC1OC(CO)C(O)C(O)C1O. The van der Waals surface area contributed by atoms with Gasteiger partial charge in [0.2, 0.25) is 0 Å². The number of aliphatic hydroxyl groups excluding tert-OH is 4. The fraction of sp³-hybridized carbons (Fsp3) is 0.816. The summed E-state index contributed by atoms with van der Waals surface area (Å²) < 4.78 is 22.8. The number of ether oxygens (including phenoxy) is 4. The van der Waals surface area contributed by atoms with Crippen LogP contribution in [0.3, 0.4) is 0 Å². The molecule has 0 saturated carbocycles. The van der Waals surface area contributed by atoms with E-state index >= 15 is 0 Å². The number of carbonyl (C=O) groups is 1. The van der Waals surface area contributed by atoms with Crippen LogP contribution < -0.4 is 0 Å². The van der Waals surface area contributed by atoms with Gasteiger partial charge in [0.1, 0.15) is 30.5 Å². The van der Waals surface area contributed by atoms with Crippen molar-refractivity contribution in [2.45, 2.75) is 230 Å². The van der Waals surface area contributed by atoms with Crippen molar-refractivity contribution in [1.82, 2.24) is 0 Å². The third kappa shape index (κ3) is 31.1. The average molecular weight is 821 g/mol. The van der Waals surface area contributed by atoms with Crippen molar-refractivity contribution in [3.63, 3.8) is 0 Å².